The monoisotopic (exact) mass is 461 g/mol. The minimum atomic E-state index is 0.684. The molecule has 0 aliphatic carbocycles. The van der Waals surface area contributed by atoms with Gasteiger partial charge in [0.2, 0.25) is 0 Å². The quantitative estimate of drug-likeness (QED) is 0.185. The van der Waals surface area contributed by atoms with Crippen LogP contribution in [0.5, 0.6) is 0 Å². The van der Waals surface area contributed by atoms with E-state index in [9.17, 15) is 0 Å². The standard InChI is InChI=1S/C30H31N5/c1-3-14-25(4-2)27(26-17-10-6-11-18-26)19-12-7-13-20-31-29-28-21-34-35(30(28)33-23-32-29)22-24-15-8-5-9-16-24/h3-6,8-11,14-19,21,23H,1-2,7,12-13,20,22H2,(H,31,32,33)/b25-14+,27-19-. The van der Waals surface area contributed by atoms with Gasteiger partial charge in [-0.3, -0.25) is 0 Å². The summed E-state index contributed by atoms with van der Waals surface area (Å²) in [6.07, 6.45) is 14.5. The Balaban J connectivity index is 1.36. The van der Waals surface area contributed by atoms with Crippen molar-refractivity contribution in [2.24, 2.45) is 0 Å². The summed E-state index contributed by atoms with van der Waals surface area (Å²) in [5, 5.41) is 8.96. The van der Waals surface area contributed by atoms with Crippen LogP contribution in [0, 0.1) is 0 Å². The van der Waals surface area contributed by atoms with Gasteiger partial charge in [-0.2, -0.15) is 5.10 Å². The fraction of sp³-hybridized carbons (Fsp3) is 0.167. The van der Waals surface area contributed by atoms with Gasteiger partial charge in [-0.05, 0) is 41.5 Å². The van der Waals surface area contributed by atoms with E-state index in [1.165, 1.54) is 16.7 Å². The van der Waals surface area contributed by atoms with Crippen LogP contribution in [0.25, 0.3) is 16.6 Å². The number of nitrogens with zero attached hydrogens (tertiary/aromatic N) is 4. The predicted octanol–water partition coefficient (Wildman–Crippen LogP) is 6.84. The van der Waals surface area contributed by atoms with Crippen LogP contribution in [0.2, 0.25) is 0 Å². The van der Waals surface area contributed by atoms with E-state index in [1.54, 1.807) is 6.33 Å². The summed E-state index contributed by atoms with van der Waals surface area (Å²) in [4.78, 5) is 8.92. The Kier molecular flexibility index (Phi) is 8.38. The Hall–Kier alpha value is -4.25. The van der Waals surface area contributed by atoms with Gasteiger partial charge in [-0.1, -0.05) is 98.1 Å². The third kappa shape index (κ3) is 6.21. The first-order valence-corrected chi connectivity index (χ1v) is 12.0. The molecule has 5 heteroatoms. The van der Waals surface area contributed by atoms with Gasteiger partial charge in [0.15, 0.2) is 5.65 Å². The molecule has 0 fully saturated rings. The van der Waals surface area contributed by atoms with Crippen LogP contribution in [-0.2, 0) is 6.54 Å². The van der Waals surface area contributed by atoms with E-state index < -0.39 is 0 Å². The first-order chi connectivity index (χ1) is 17.3. The molecule has 2 aromatic heterocycles. The highest BCUT2D eigenvalue weighted by Crippen LogP contribution is 2.25. The molecular formula is C30H31N5. The van der Waals surface area contributed by atoms with Crippen molar-refractivity contribution in [3.63, 3.8) is 0 Å². The lowest BCUT2D eigenvalue weighted by molar-refractivity contribution is 0.703. The lowest BCUT2D eigenvalue weighted by atomic mass is 9.96. The van der Waals surface area contributed by atoms with Crippen molar-refractivity contribution in [3.8, 4) is 0 Å². The minimum Gasteiger partial charge on any atom is -0.369 e. The molecule has 0 saturated carbocycles. The molecule has 0 radical (unpaired) electrons. The predicted molar refractivity (Wildman–Crippen MR) is 146 cm³/mol. The molecule has 1 N–H and O–H groups in total. The topological polar surface area (TPSA) is 55.6 Å². The number of anilines is 1. The second-order valence-electron chi connectivity index (χ2n) is 8.22. The van der Waals surface area contributed by atoms with Crippen LogP contribution in [0.15, 0.2) is 116 Å². The maximum absolute atomic E-state index is 4.54. The lowest BCUT2D eigenvalue weighted by Crippen LogP contribution is -2.05. The average molecular weight is 462 g/mol. The molecule has 4 rings (SSSR count). The molecule has 0 saturated heterocycles. The number of aromatic nitrogens is 4. The number of allylic oxidation sites excluding steroid dienone is 6. The van der Waals surface area contributed by atoms with E-state index in [0.717, 1.165) is 48.2 Å². The van der Waals surface area contributed by atoms with Crippen molar-refractivity contribution in [1.82, 2.24) is 19.7 Å². The Bertz CT molecular complexity index is 1320. The fourth-order valence-corrected chi connectivity index (χ4v) is 4.04. The molecule has 0 bridgehead atoms. The SMILES string of the molecule is C=C/C=C(C=C)/C(=C/CCCCNc1ncnc2c1cnn2Cc1ccccc1)c1ccccc1. The van der Waals surface area contributed by atoms with Crippen molar-refractivity contribution in [2.75, 3.05) is 11.9 Å². The van der Waals surface area contributed by atoms with Gasteiger partial charge in [0.05, 0.1) is 18.1 Å². The molecular weight excluding hydrogens is 430 g/mol. The van der Waals surface area contributed by atoms with Gasteiger partial charge in [0.25, 0.3) is 0 Å². The molecule has 0 aliphatic heterocycles. The smallest absolute Gasteiger partial charge is 0.163 e. The van der Waals surface area contributed by atoms with Gasteiger partial charge in [0, 0.05) is 6.54 Å². The molecule has 5 nitrogen and oxygen atoms in total. The van der Waals surface area contributed by atoms with Gasteiger partial charge >= 0.3 is 0 Å². The van der Waals surface area contributed by atoms with Crippen LogP contribution >= 0.6 is 0 Å². The first-order valence-electron chi connectivity index (χ1n) is 12.0. The van der Waals surface area contributed by atoms with E-state index in [-0.39, 0.29) is 0 Å². The second-order valence-corrected chi connectivity index (χ2v) is 8.22. The Morgan fingerprint density at radius 1 is 0.943 bits per heavy atom. The number of unbranched alkanes of at least 4 members (excludes halogenated alkanes) is 2. The summed E-state index contributed by atoms with van der Waals surface area (Å²) in [7, 11) is 0. The van der Waals surface area contributed by atoms with Gasteiger partial charge < -0.3 is 5.32 Å². The fourth-order valence-electron chi connectivity index (χ4n) is 4.04. The largest absolute Gasteiger partial charge is 0.369 e. The van der Waals surface area contributed by atoms with Crippen LogP contribution in [0.3, 0.4) is 0 Å². The summed E-state index contributed by atoms with van der Waals surface area (Å²) in [5.74, 6) is 0.831. The maximum Gasteiger partial charge on any atom is 0.163 e. The molecule has 4 aromatic rings. The zero-order chi connectivity index (χ0) is 24.3. The van der Waals surface area contributed by atoms with E-state index in [2.05, 4.69) is 76.0 Å². The summed E-state index contributed by atoms with van der Waals surface area (Å²) in [6.45, 7) is 9.34. The maximum atomic E-state index is 4.54. The highest BCUT2D eigenvalue weighted by Gasteiger charge is 2.10. The lowest BCUT2D eigenvalue weighted by Gasteiger charge is -2.10. The second kappa shape index (κ2) is 12.3. The molecule has 2 aromatic carbocycles. The van der Waals surface area contributed by atoms with Crippen LogP contribution in [0.1, 0.15) is 30.4 Å². The summed E-state index contributed by atoms with van der Waals surface area (Å²) in [6, 6.07) is 20.7. The molecule has 35 heavy (non-hydrogen) atoms. The molecule has 0 aliphatic rings. The zero-order valence-corrected chi connectivity index (χ0v) is 20.0. The number of nitrogens with one attached hydrogen (secondary N) is 1. The Labute approximate surface area is 207 Å². The summed E-state index contributed by atoms with van der Waals surface area (Å²) in [5.41, 5.74) is 5.50. The third-order valence-electron chi connectivity index (χ3n) is 5.79. The number of hydrogen-bond donors (Lipinski definition) is 1. The third-order valence-corrected chi connectivity index (χ3v) is 5.79. The number of hydrogen-bond acceptors (Lipinski definition) is 4. The van der Waals surface area contributed by atoms with E-state index >= 15 is 0 Å². The molecule has 2 heterocycles. The molecule has 0 spiro atoms. The first kappa shape index (κ1) is 23.9. The van der Waals surface area contributed by atoms with E-state index in [0.29, 0.717) is 6.54 Å². The minimum absolute atomic E-state index is 0.684. The zero-order valence-electron chi connectivity index (χ0n) is 20.0. The molecule has 176 valence electrons. The average Bonchev–Trinajstić information content (AvgIpc) is 3.32. The van der Waals surface area contributed by atoms with Crippen LogP contribution < -0.4 is 5.32 Å². The number of benzene rings is 2. The van der Waals surface area contributed by atoms with Gasteiger partial charge in [-0.25, -0.2) is 14.6 Å². The van der Waals surface area contributed by atoms with Crippen LogP contribution in [-0.4, -0.2) is 26.3 Å². The van der Waals surface area contributed by atoms with Gasteiger partial charge in [-0.15, -0.1) is 0 Å². The Morgan fingerprint density at radius 2 is 1.71 bits per heavy atom. The number of fused-ring (bicyclic) bond motifs is 1. The van der Waals surface area contributed by atoms with Crippen molar-refractivity contribution in [1.29, 1.82) is 0 Å². The normalized spacial score (nSPS) is 12.0. The highest BCUT2D eigenvalue weighted by atomic mass is 15.3. The summed E-state index contributed by atoms with van der Waals surface area (Å²) < 4.78 is 1.92. The molecule has 0 amide bonds. The van der Waals surface area contributed by atoms with E-state index in [4.69, 9.17) is 0 Å². The summed E-state index contributed by atoms with van der Waals surface area (Å²) >= 11 is 0. The van der Waals surface area contributed by atoms with Crippen molar-refractivity contribution < 1.29 is 0 Å². The Morgan fingerprint density at radius 3 is 2.46 bits per heavy atom. The van der Waals surface area contributed by atoms with Crippen molar-refractivity contribution in [3.05, 3.63) is 127 Å². The molecule has 0 atom stereocenters. The molecule has 0 unspecified atom stereocenters. The van der Waals surface area contributed by atoms with E-state index in [1.807, 2.05) is 53.4 Å². The van der Waals surface area contributed by atoms with Gasteiger partial charge in [0.1, 0.15) is 12.1 Å². The van der Waals surface area contributed by atoms with Crippen molar-refractivity contribution in [2.45, 2.75) is 25.8 Å². The van der Waals surface area contributed by atoms with Crippen molar-refractivity contribution >= 4 is 22.4 Å². The van der Waals surface area contributed by atoms with Crippen LogP contribution in [0.4, 0.5) is 5.82 Å². The number of rotatable bonds is 12. The highest BCUT2D eigenvalue weighted by molar-refractivity contribution is 5.86.